The molecular weight excluding hydrogens is 298 g/mol. The summed E-state index contributed by atoms with van der Waals surface area (Å²) in [6, 6.07) is 1.72. The van der Waals surface area contributed by atoms with E-state index in [0.29, 0.717) is 18.2 Å². The Hall–Kier alpha value is -1.91. The molecular formula is C8H6F4NO5S+. The lowest BCUT2D eigenvalue weighted by Crippen LogP contribution is -2.28. The molecule has 0 aliphatic heterocycles. The molecule has 1 rings (SSSR count). The van der Waals surface area contributed by atoms with Crippen LogP contribution in [-0.2, 0) is 15.0 Å². The second-order valence-corrected chi connectivity index (χ2v) is 4.57. The first-order valence-electron chi connectivity index (χ1n) is 4.40. The Morgan fingerprint density at radius 3 is 2.32 bits per heavy atom. The summed E-state index contributed by atoms with van der Waals surface area (Å²) in [7, 11) is -5.15. The molecule has 0 radical (unpaired) electrons. The Morgan fingerprint density at radius 1 is 1.26 bits per heavy atom. The molecule has 6 nitrogen and oxygen atoms in total. The molecule has 0 N–H and O–H groups in total. The fourth-order valence-corrected chi connectivity index (χ4v) is 1.43. The highest BCUT2D eigenvalue weighted by atomic mass is 32.2. The maximum Gasteiger partial charge on any atom is 0.534 e. The lowest BCUT2D eigenvalue weighted by atomic mass is 10.3. The summed E-state index contributed by atoms with van der Waals surface area (Å²) in [5.41, 5.74) is -6.45. The van der Waals surface area contributed by atoms with Crippen LogP contribution in [0, 0.1) is 10.7 Å². The van der Waals surface area contributed by atoms with Gasteiger partial charge in [-0.2, -0.15) is 21.6 Å². The minimum Gasteiger partial charge on any atom is -0.368 e. The van der Waals surface area contributed by atoms with E-state index in [4.69, 9.17) is 0 Å². The molecule has 0 fully saturated rings. The highest BCUT2D eigenvalue weighted by molar-refractivity contribution is 7.88. The third kappa shape index (κ3) is 3.30. The van der Waals surface area contributed by atoms with Gasteiger partial charge in [0, 0.05) is 12.1 Å². The lowest BCUT2D eigenvalue weighted by molar-refractivity contribution is -0.736. The highest BCUT2D eigenvalue weighted by Gasteiger charge is 2.49. The first-order chi connectivity index (χ1) is 8.58. The van der Waals surface area contributed by atoms with Gasteiger partial charge in [0.2, 0.25) is 5.75 Å². The van der Waals surface area contributed by atoms with E-state index < -0.39 is 32.9 Å². The molecule has 11 heteroatoms. The van der Waals surface area contributed by atoms with Crippen LogP contribution >= 0.6 is 0 Å². The molecule has 106 valence electrons. The van der Waals surface area contributed by atoms with E-state index in [0.717, 1.165) is 7.11 Å². The van der Waals surface area contributed by atoms with Crippen LogP contribution in [-0.4, -0.2) is 26.0 Å². The standard InChI is InChI=1S/C8H6F4NO5S/c1-17-13(14)6-3-2-5(9)4-7(6)18-19(15,16)8(10,11)12/h2-4H,1H3/q+1. The molecule has 0 amide bonds. The van der Waals surface area contributed by atoms with Crippen molar-refractivity contribution < 1.29 is 39.9 Å². The van der Waals surface area contributed by atoms with Crippen LogP contribution in [0.5, 0.6) is 5.75 Å². The SMILES string of the molecule is CO[N+](=O)c1ccc(F)cc1OS(=O)(=O)C(F)(F)F. The van der Waals surface area contributed by atoms with Gasteiger partial charge in [-0.05, 0) is 6.07 Å². The molecule has 0 saturated heterocycles. The van der Waals surface area contributed by atoms with Gasteiger partial charge in [-0.1, -0.05) is 0 Å². The van der Waals surface area contributed by atoms with E-state index in [1.54, 1.807) is 0 Å². The van der Waals surface area contributed by atoms with E-state index in [9.17, 15) is 30.9 Å². The van der Waals surface area contributed by atoms with Crippen molar-refractivity contribution in [2.24, 2.45) is 0 Å². The molecule has 0 atom stereocenters. The summed E-state index contributed by atoms with van der Waals surface area (Å²) >= 11 is 0. The Kier molecular flexibility index (Phi) is 3.98. The van der Waals surface area contributed by atoms with Crippen molar-refractivity contribution >= 4 is 15.8 Å². The normalized spacial score (nSPS) is 12.1. The van der Waals surface area contributed by atoms with Crippen molar-refractivity contribution in [3.63, 3.8) is 0 Å². The van der Waals surface area contributed by atoms with E-state index in [1.165, 1.54) is 0 Å². The van der Waals surface area contributed by atoms with Crippen LogP contribution in [0.15, 0.2) is 18.2 Å². The van der Waals surface area contributed by atoms with Crippen LogP contribution in [0.25, 0.3) is 0 Å². The second-order valence-electron chi connectivity index (χ2n) is 3.03. The Labute approximate surface area is 104 Å². The van der Waals surface area contributed by atoms with Gasteiger partial charge in [0.1, 0.15) is 5.82 Å². The molecule has 19 heavy (non-hydrogen) atoms. The summed E-state index contributed by atoms with van der Waals surface area (Å²) in [6.07, 6.45) is 0. The predicted octanol–water partition coefficient (Wildman–Crippen LogP) is 2.03. The quantitative estimate of drug-likeness (QED) is 0.368. The summed E-state index contributed by atoms with van der Waals surface area (Å²) in [5, 5.41) is 0. The molecule has 0 aliphatic rings. The molecule has 1 aromatic rings. The number of halogens is 4. The van der Waals surface area contributed by atoms with Crippen molar-refractivity contribution in [2.75, 3.05) is 7.11 Å². The first kappa shape index (κ1) is 15.1. The number of alkyl halides is 3. The van der Waals surface area contributed by atoms with Crippen molar-refractivity contribution in [3.05, 3.63) is 28.9 Å². The van der Waals surface area contributed by atoms with Gasteiger partial charge < -0.3 is 4.18 Å². The largest absolute Gasteiger partial charge is 0.534 e. The van der Waals surface area contributed by atoms with Crippen LogP contribution in [0.2, 0.25) is 0 Å². The van der Waals surface area contributed by atoms with Crippen molar-refractivity contribution in [3.8, 4) is 5.75 Å². The monoisotopic (exact) mass is 304 g/mol. The zero-order chi connectivity index (χ0) is 14.8. The number of hydrogen-bond acceptors (Lipinski definition) is 5. The molecule has 0 saturated carbocycles. The van der Waals surface area contributed by atoms with Gasteiger partial charge in [-0.3, -0.25) is 0 Å². The number of nitrogens with zero attached hydrogens (tertiary/aromatic N) is 1. The van der Waals surface area contributed by atoms with E-state index >= 15 is 0 Å². The highest BCUT2D eigenvalue weighted by Crippen LogP contribution is 2.33. The van der Waals surface area contributed by atoms with Crippen molar-refractivity contribution in [2.45, 2.75) is 5.51 Å². The minimum atomic E-state index is -6.02. The average Bonchev–Trinajstić information content (AvgIpc) is 2.26. The Bertz CT molecular complexity index is 598. The molecule has 0 aromatic heterocycles. The maximum atomic E-state index is 12.9. The van der Waals surface area contributed by atoms with E-state index in [1.807, 2.05) is 0 Å². The summed E-state index contributed by atoms with van der Waals surface area (Å²) in [5.74, 6) is -2.24. The maximum absolute atomic E-state index is 12.9. The molecule has 0 unspecified atom stereocenters. The zero-order valence-electron chi connectivity index (χ0n) is 9.14. The number of rotatable bonds is 4. The van der Waals surface area contributed by atoms with Crippen molar-refractivity contribution in [1.82, 2.24) is 0 Å². The van der Waals surface area contributed by atoms with Gasteiger partial charge in [0.05, 0.1) is 4.91 Å². The molecule has 0 spiro atoms. The second kappa shape index (κ2) is 4.99. The van der Waals surface area contributed by atoms with Gasteiger partial charge in [0.25, 0.3) is 4.92 Å². The van der Waals surface area contributed by atoms with Gasteiger partial charge in [-0.15, -0.1) is 0 Å². The Balaban J connectivity index is 3.28. The molecule has 0 bridgehead atoms. The Morgan fingerprint density at radius 2 is 1.84 bits per heavy atom. The molecule has 1 aromatic carbocycles. The zero-order valence-corrected chi connectivity index (χ0v) is 9.96. The third-order valence-corrected chi connectivity index (χ3v) is 2.73. The van der Waals surface area contributed by atoms with E-state index in [2.05, 4.69) is 9.02 Å². The average molecular weight is 304 g/mol. The summed E-state index contributed by atoms with van der Waals surface area (Å²) in [6.45, 7) is 0. The van der Waals surface area contributed by atoms with Gasteiger partial charge in [-0.25, -0.2) is 9.23 Å². The smallest absolute Gasteiger partial charge is 0.368 e. The number of benzene rings is 1. The minimum absolute atomic E-state index is 0.308. The fraction of sp³-hybridized carbons (Fsp3) is 0.250. The van der Waals surface area contributed by atoms with Crippen LogP contribution in [0.4, 0.5) is 23.2 Å². The summed E-state index contributed by atoms with van der Waals surface area (Å²) in [4.78, 5) is 14.9. The predicted molar refractivity (Wildman–Crippen MR) is 52.3 cm³/mol. The van der Waals surface area contributed by atoms with Gasteiger partial charge >= 0.3 is 21.3 Å². The number of hydrogen-bond donors (Lipinski definition) is 0. The fourth-order valence-electron chi connectivity index (χ4n) is 0.969. The topological polar surface area (TPSA) is 72.7 Å². The molecule has 0 aliphatic carbocycles. The van der Waals surface area contributed by atoms with Crippen LogP contribution in [0.3, 0.4) is 0 Å². The van der Waals surface area contributed by atoms with Crippen LogP contribution in [0.1, 0.15) is 0 Å². The van der Waals surface area contributed by atoms with Crippen molar-refractivity contribution in [1.29, 1.82) is 0 Å². The molecule has 0 heterocycles. The first-order valence-corrected chi connectivity index (χ1v) is 5.81. The third-order valence-electron chi connectivity index (χ3n) is 1.77. The van der Waals surface area contributed by atoms with E-state index in [-0.39, 0.29) is 4.92 Å². The van der Waals surface area contributed by atoms with Gasteiger partial charge in [0.15, 0.2) is 7.11 Å². The van der Waals surface area contributed by atoms with Crippen LogP contribution < -0.4 is 4.18 Å². The summed E-state index contributed by atoms with van der Waals surface area (Å²) < 4.78 is 74.4. The lowest BCUT2D eigenvalue weighted by Gasteiger charge is -2.08.